The number of anilines is 2. The number of ether oxygens (including phenoxy) is 1. The average Bonchev–Trinajstić information content (AvgIpc) is 2.72. The van der Waals surface area contributed by atoms with Gasteiger partial charge in [-0.25, -0.2) is 4.98 Å². The van der Waals surface area contributed by atoms with E-state index in [-0.39, 0.29) is 18.4 Å². The molecule has 3 rings (SSSR count). The zero-order valence-electron chi connectivity index (χ0n) is 15.8. The van der Waals surface area contributed by atoms with Crippen LogP contribution in [0.5, 0.6) is 11.6 Å². The first kappa shape index (κ1) is 20.5. The zero-order chi connectivity index (χ0) is 21.0. The van der Waals surface area contributed by atoms with Crippen LogP contribution < -0.4 is 10.1 Å². The fourth-order valence-corrected chi connectivity index (χ4v) is 3.16. The van der Waals surface area contributed by atoms with E-state index < -0.39 is 0 Å². The zero-order valence-corrected chi connectivity index (χ0v) is 17.4. The maximum absolute atomic E-state index is 9.68. The summed E-state index contributed by atoms with van der Waals surface area (Å²) in [6.07, 6.45) is 1.29. The van der Waals surface area contributed by atoms with Gasteiger partial charge in [-0.2, -0.15) is 10.2 Å². The molecule has 8 heteroatoms. The molecular formula is C21H18BrN5O2. The van der Waals surface area contributed by atoms with Crippen molar-refractivity contribution < 1.29 is 9.84 Å². The molecule has 146 valence electrons. The maximum Gasteiger partial charge on any atom is 0.238 e. The van der Waals surface area contributed by atoms with Gasteiger partial charge in [0.25, 0.3) is 0 Å². The summed E-state index contributed by atoms with van der Waals surface area (Å²) in [6.45, 7) is 3.49. The molecule has 0 fully saturated rings. The summed E-state index contributed by atoms with van der Waals surface area (Å²) in [5, 5.41) is 29.1. The molecule has 1 heterocycles. The minimum atomic E-state index is -0.299. The summed E-state index contributed by atoms with van der Waals surface area (Å²) in [6, 6.07) is 12.6. The third kappa shape index (κ3) is 4.59. The van der Waals surface area contributed by atoms with Crippen molar-refractivity contribution in [3.8, 4) is 17.7 Å². The van der Waals surface area contributed by atoms with Gasteiger partial charge >= 0.3 is 0 Å². The summed E-state index contributed by atoms with van der Waals surface area (Å²) < 4.78 is 6.52. The van der Waals surface area contributed by atoms with Crippen LogP contribution in [0.25, 0.3) is 0 Å². The van der Waals surface area contributed by atoms with Crippen molar-refractivity contribution in [1.82, 2.24) is 9.97 Å². The van der Waals surface area contributed by atoms with E-state index >= 15 is 0 Å². The average molecular weight is 452 g/mol. The summed E-state index contributed by atoms with van der Waals surface area (Å²) in [5.41, 5.74) is 4.13. The largest absolute Gasteiger partial charge is 0.437 e. The van der Waals surface area contributed by atoms with Crippen LogP contribution in [-0.4, -0.2) is 21.3 Å². The minimum Gasteiger partial charge on any atom is -0.437 e. The van der Waals surface area contributed by atoms with Gasteiger partial charge in [0.1, 0.15) is 10.2 Å². The van der Waals surface area contributed by atoms with E-state index in [1.165, 1.54) is 6.21 Å². The number of halogens is 1. The smallest absolute Gasteiger partial charge is 0.238 e. The molecule has 0 atom stereocenters. The van der Waals surface area contributed by atoms with Crippen molar-refractivity contribution in [2.75, 3.05) is 5.32 Å². The Hall–Kier alpha value is -3.28. The van der Waals surface area contributed by atoms with E-state index in [0.717, 1.165) is 16.7 Å². The van der Waals surface area contributed by atoms with Crippen LogP contribution in [0.3, 0.4) is 0 Å². The maximum atomic E-state index is 9.68. The van der Waals surface area contributed by atoms with Crippen LogP contribution in [0.1, 0.15) is 27.9 Å². The van der Waals surface area contributed by atoms with Crippen molar-refractivity contribution in [2.24, 2.45) is 0 Å². The first-order chi connectivity index (χ1) is 13.9. The van der Waals surface area contributed by atoms with E-state index in [9.17, 15) is 5.11 Å². The van der Waals surface area contributed by atoms with Gasteiger partial charge in [-0.3, -0.25) is 0 Å². The minimum absolute atomic E-state index is 0.253. The molecule has 0 radical (unpaired) electrons. The summed E-state index contributed by atoms with van der Waals surface area (Å²) in [4.78, 5) is 8.74. The Bertz CT molecular complexity index is 1080. The van der Waals surface area contributed by atoms with Gasteiger partial charge < -0.3 is 20.6 Å². The molecule has 0 saturated carbocycles. The molecule has 0 bridgehead atoms. The molecule has 7 nitrogen and oxygen atoms in total. The molecule has 2 aromatic carbocycles. The molecular weight excluding hydrogens is 434 g/mol. The number of hydrogen-bond donors (Lipinski definition) is 3. The Morgan fingerprint density at radius 3 is 2.41 bits per heavy atom. The van der Waals surface area contributed by atoms with Gasteiger partial charge in [-0.05, 0) is 82.9 Å². The molecule has 0 amide bonds. The van der Waals surface area contributed by atoms with E-state index in [1.54, 1.807) is 24.3 Å². The number of nitrogens with zero attached hydrogens (tertiary/aromatic N) is 3. The Kier molecular flexibility index (Phi) is 6.22. The van der Waals surface area contributed by atoms with Crippen molar-refractivity contribution >= 4 is 33.8 Å². The lowest BCUT2D eigenvalue weighted by molar-refractivity contribution is 0.275. The van der Waals surface area contributed by atoms with E-state index in [2.05, 4.69) is 37.3 Å². The van der Waals surface area contributed by atoms with Crippen molar-refractivity contribution in [1.29, 1.82) is 10.7 Å². The monoisotopic (exact) mass is 451 g/mol. The summed E-state index contributed by atoms with van der Waals surface area (Å²) in [5.74, 6) is 1.14. The standard InChI is InChI=1S/C21H18BrN5O2/c1-12-7-15(10-24)8-13(2)19(12)29-20-18(22)17(11-28)26-21(27-20)25-16-5-3-14(9-23)4-6-16/h3-8,10,24,28H,11H2,1-2H3,(H,25,26,27). The Balaban J connectivity index is 1.97. The predicted octanol–water partition coefficient (Wildman–Crippen LogP) is 4.75. The molecule has 0 aliphatic rings. The molecule has 0 aliphatic carbocycles. The molecule has 0 aliphatic heterocycles. The van der Waals surface area contributed by atoms with Gasteiger partial charge in [0, 0.05) is 11.9 Å². The van der Waals surface area contributed by atoms with Gasteiger partial charge in [-0.1, -0.05) is 0 Å². The second kappa shape index (κ2) is 8.82. The number of aliphatic hydroxyl groups excluding tert-OH is 1. The third-order valence-electron chi connectivity index (χ3n) is 4.16. The highest BCUT2D eigenvalue weighted by molar-refractivity contribution is 9.10. The number of hydrogen-bond acceptors (Lipinski definition) is 7. The molecule has 29 heavy (non-hydrogen) atoms. The number of aliphatic hydroxyl groups is 1. The summed E-state index contributed by atoms with van der Waals surface area (Å²) >= 11 is 3.40. The van der Waals surface area contributed by atoms with Gasteiger partial charge in [0.2, 0.25) is 11.8 Å². The van der Waals surface area contributed by atoms with E-state index in [0.29, 0.717) is 27.2 Å². The molecule has 3 N–H and O–H groups in total. The van der Waals surface area contributed by atoms with E-state index in [4.69, 9.17) is 15.4 Å². The number of benzene rings is 2. The summed E-state index contributed by atoms with van der Waals surface area (Å²) in [7, 11) is 0. The van der Waals surface area contributed by atoms with Crippen LogP contribution in [0.4, 0.5) is 11.6 Å². The molecule has 3 aromatic rings. The third-order valence-corrected chi connectivity index (χ3v) is 4.95. The van der Waals surface area contributed by atoms with Crippen molar-refractivity contribution in [2.45, 2.75) is 20.5 Å². The van der Waals surface area contributed by atoms with Crippen molar-refractivity contribution in [3.05, 3.63) is 68.8 Å². The lowest BCUT2D eigenvalue weighted by Crippen LogP contribution is -2.05. The molecule has 0 spiro atoms. The number of nitrogens with one attached hydrogen (secondary N) is 2. The Morgan fingerprint density at radius 2 is 1.86 bits per heavy atom. The normalized spacial score (nSPS) is 10.3. The quantitative estimate of drug-likeness (QED) is 0.465. The lowest BCUT2D eigenvalue weighted by Gasteiger charge is -2.15. The predicted molar refractivity (Wildman–Crippen MR) is 114 cm³/mol. The topological polar surface area (TPSA) is 115 Å². The second-order valence-corrected chi connectivity index (χ2v) is 7.11. The highest BCUT2D eigenvalue weighted by atomic mass is 79.9. The van der Waals surface area contributed by atoms with Crippen molar-refractivity contribution in [3.63, 3.8) is 0 Å². The first-order valence-corrected chi connectivity index (χ1v) is 9.48. The lowest BCUT2D eigenvalue weighted by atomic mass is 10.1. The van der Waals surface area contributed by atoms with Crippen LogP contribution >= 0.6 is 15.9 Å². The Morgan fingerprint density at radius 1 is 1.21 bits per heavy atom. The highest BCUT2D eigenvalue weighted by Gasteiger charge is 2.16. The molecule has 1 aromatic heterocycles. The number of aryl methyl sites for hydroxylation is 2. The van der Waals surface area contributed by atoms with Crippen LogP contribution in [-0.2, 0) is 6.61 Å². The van der Waals surface area contributed by atoms with Crippen LogP contribution in [0.15, 0.2) is 40.9 Å². The van der Waals surface area contributed by atoms with Gasteiger partial charge in [0.15, 0.2) is 0 Å². The SMILES string of the molecule is Cc1cc(C=N)cc(C)c1Oc1nc(Nc2ccc(C#N)cc2)nc(CO)c1Br. The molecule has 0 saturated heterocycles. The fourth-order valence-electron chi connectivity index (χ4n) is 2.78. The van der Waals surface area contributed by atoms with Crippen LogP contribution in [0, 0.1) is 30.6 Å². The Labute approximate surface area is 176 Å². The molecule has 0 unspecified atom stereocenters. The van der Waals surface area contributed by atoms with E-state index in [1.807, 2.05) is 26.0 Å². The van der Waals surface area contributed by atoms with Gasteiger partial charge in [0.05, 0.1) is 23.9 Å². The number of aromatic nitrogens is 2. The number of rotatable bonds is 6. The highest BCUT2D eigenvalue weighted by Crippen LogP contribution is 2.35. The fraction of sp³-hybridized carbons (Fsp3) is 0.143. The first-order valence-electron chi connectivity index (χ1n) is 8.69. The second-order valence-electron chi connectivity index (χ2n) is 6.32. The van der Waals surface area contributed by atoms with Crippen LogP contribution in [0.2, 0.25) is 0 Å². The van der Waals surface area contributed by atoms with Gasteiger partial charge in [-0.15, -0.1) is 0 Å². The number of nitriles is 1.